The summed E-state index contributed by atoms with van der Waals surface area (Å²) in [7, 11) is 4.28. The second kappa shape index (κ2) is 9.11. The average molecular weight is 339 g/mol. The maximum absolute atomic E-state index is 11.8. The van der Waals surface area contributed by atoms with E-state index in [9.17, 15) is 4.79 Å². The number of nitrogens with zero attached hydrogens (tertiary/aromatic N) is 4. The highest BCUT2D eigenvalue weighted by Crippen LogP contribution is 2.34. The van der Waals surface area contributed by atoms with Crippen molar-refractivity contribution in [3.8, 4) is 0 Å². The van der Waals surface area contributed by atoms with Gasteiger partial charge in [-0.05, 0) is 46.7 Å². The lowest BCUT2D eigenvalue weighted by Gasteiger charge is -2.36. The Kier molecular flexibility index (Phi) is 7.15. The number of guanidine groups is 1. The number of rotatable bonds is 6. The number of nitrogens with one attached hydrogen (secondary N) is 1. The van der Waals surface area contributed by atoms with Crippen molar-refractivity contribution < 1.29 is 9.53 Å². The van der Waals surface area contributed by atoms with Crippen LogP contribution in [0.4, 0.5) is 4.79 Å². The first-order chi connectivity index (χ1) is 11.6. The number of carbonyl (C=O) groups excluding carboxylic acids is 1. The number of hydrogen-bond donors (Lipinski definition) is 1. The van der Waals surface area contributed by atoms with E-state index in [0.717, 1.165) is 38.1 Å². The van der Waals surface area contributed by atoms with Gasteiger partial charge in [0.1, 0.15) is 0 Å². The van der Waals surface area contributed by atoms with Crippen LogP contribution in [0.25, 0.3) is 0 Å². The molecule has 0 aromatic carbocycles. The van der Waals surface area contributed by atoms with Gasteiger partial charge >= 0.3 is 6.09 Å². The minimum absolute atomic E-state index is 0.208. The summed E-state index contributed by atoms with van der Waals surface area (Å²) in [5.74, 6) is 1.76. The molecule has 1 heterocycles. The van der Waals surface area contributed by atoms with Crippen LogP contribution in [0.1, 0.15) is 26.7 Å². The summed E-state index contributed by atoms with van der Waals surface area (Å²) in [5, 5.41) is 3.40. The Balaban J connectivity index is 1.90. The van der Waals surface area contributed by atoms with Gasteiger partial charge in [-0.15, -0.1) is 0 Å². The van der Waals surface area contributed by atoms with Gasteiger partial charge < -0.3 is 24.8 Å². The standard InChI is InChI=1S/C17H33N5O2/c1-5-18-16(19-13-15(20(3)4)14-7-8-14)21-9-11-22(12-10-21)17(23)24-6-2/h14-15H,5-13H2,1-4H3,(H,18,19). The van der Waals surface area contributed by atoms with Crippen molar-refractivity contribution in [3.63, 3.8) is 0 Å². The molecule has 1 N–H and O–H groups in total. The highest BCUT2D eigenvalue weighted by atomic mass is 16.6. The predicted octanol–water partition coefficient (Wildman–Crippen LogP) is 1.07. The second-order valence-corrected chi connectivity index (χ2v) is 6.74. The van der Waals surface area contributed by atoms with Gasteiger partial charge in [-0.3, -0.25) is 4.99 Å². The van der Waals surface area contributed by atoms with E-state index >= 15 is 0 Å². The molecule has 138 valence electrons. The van der Waals surface area contributed by atoms with E-state index in [2.05, 4.69) is 36.1 Å². The Morgan fingerprint density at radius 2 is 1.83 bits per heavy atom. The van der Waals surface area contributed by atoms with Crippen LogP contribution in [0.3, 0.4) is 0 Å². The molecule has 0 aromatic rings. The van der Waals surface area contributed by atoms with Crippen LogP contribution in [-0.4, -0.2) is 92.8 Å². The fourth-order valence-corrected chi connectivity index (χ4v) is 3.14. The number of aliphatic imine (C=N–C) groups is 1. The molecule has 0 radical (unpaired) electrons. The van der Waals surface area contributed by atoms with E-state index in [1.165, 1.54) is 12.8 Å². The Morgan fingerprint density at radius 1 is 1.21 bits per heavy atom. The van der Waals surface area contributed by atoms with Gasteiger partial charge in [0.2, 0.25) is 0 Å². The van der Waals surface area contributed by atoms with Gasteiger partial charge in [0.05, 0.1) is 13.2 Å². The molecule has 2 aliphatic rings. The first-order valence-corrected chi connectivity index (χ1v) is 9.18. The molecule has 1 aliphatic heterocycles. The van der Waals surface area contributed by atoms with Crippen LogP contribution in [0.2, 0.25) is 0 Å². The molecule has 7 heteroatoms. The molecule has 1 amide bonds. The minimum Gasteiger partial charge on any atom is -0.450 e. The quantitative estimate of drug-likeness (QED) is 0.579. The number of likely N-dealkylation sites (N-methyl/N-ethyl adjacent to an activating group) is 1. The Morgan fingerprint density at radius 3 is 2.33 bits per heavy atom. The molecular formula is C17H33N5O2. The molecule has 7 nitrogen and oxygen atoms in total. The summed E-state index contributed by atoms with van der Waals surface area (Å²) < 4.78 is 5.08. The number of piperazine rings is 1. The first kappa shape index (κ1) is 18.8. The number of hydrogen-bond acceptors (Lipinski definition) is 4. The van der Waals surface area contributed by atoms with Crippen LogP contribution in [0.5, 0.6) is 0 Å². The van der Waals surface area contributed by atoms with E-state index in [4.69, 9.17) is 9.73 Å². The number of ether oxygens (including phenoxy) is 1. The molecular weight excluding hydrogens is 306 g/mol. The van der Waals surface area contributed by atoms with Gasteiger partial charge in [0.15, 0.2) is 5.96 Å². The van der Waals surface area contributed by atoms with Crippen molar-refractivity contribution in [2.45, 2.75) is 32.7 Å². The zero-order valence-corrected chi connectivity index (χ0v) is 15.6. The monoisotopic (exact) mass is 339 g/mol. The van der Waals surface area contributed by atoms with Crippen molar-refractivity contribution >= 4 is 12.1 Å². The predicted molar refractivity (Wildman–Crippen MR) is 96.3 cm³/mol. The van der Waals surface area contributed by atoms with Gasteiger partial charge in [-0.2, -0.15) is 0 Å². The lowest BCUT2D eigenvalue weighted by atomic mass is 10.2. The summed E-state index contributed by atoms with van der Waals surface area (Å²) in [5.41, 5.74) is 0. The van der Waals surface area contributed by atoms with E-state index in [1.54, 1.807) is 4.90 Å². The largest absolute Gasteiger partial charge is 0.450 e. The third-order valence-corrected chi connectivity index (χ3v) is 4.70. The number of carbonyl (C=O) groups is 1. The van der Waals surface area contributed by atoms with Crippen molar-refractivity contribution in [1.29, 1.82) is 0 Å². The highest BCUT2D eigenvalue weighted by Gasteiger charge is 2.32. The molecule has 1 atom stereocenters. The van der Waals surface area contributed by atoms with Gasteiger partial charge in [0.25, 0.3) is 0 Å². The fourth-order valence-electron chi connectivity index (χ4n) is 3.14. The summed E-state index contributed by atoms with van der Waals surface area (Å²) >= 11 is 0. The molecule has 2 rings (SSSR count). The first-order valence-electron chi connectivity index (χ1n) is 9.18. The van der Waals surface area contributed by atoms with E-state index < -0.39 is 0 Å². The van der Waals surface area contributed by atoms with Crippen molar-refractivity contribution in [2.75, 3.05) is 60.0 Å². The van der Waals surface area contributed by atoms with Crippen molar-refractivity contribution in [2.24, 2.45) is 10.9 Å². The normalized spacial score (nSPS) is 20.3. The fraction of sp³-hybridized carbons (Fsp3) is 0.882. The van der Waals surface area contributed by atoms with E-state index in [0.29, 0.717) is 25.7 Å². The third kappa shape index (κ3) is 5.26. The zero-order valence-electron chi connectivity index (χ0n) is 15.6. The smallest absolute Gasteiger partial charge is 0.409 e. The summed E-state index contributed by atoms with van der Waals surface area (Å²) in [6, 6.07) is 0.527. The molecule has 2 fully saturated rings. The maximum Gasteiger partial charge on any atom is 0.409 e. The number of amides is 1. The zero-order chi connectivity index (χ0) is 17.5. The Labute approximate surface area is 146 Å². The molecule has 0 aromatic heterocycles. The summed E-state index contributed by atoms with van der Waals surface area (Å²) in [6.07, 6.45) is 2.45. The lowest BCUT2D eigenvalue weighted by molar-refractivity contribution is 0.0914. The average Bonchev–Trinajstić information content (AvgIpc) is 3.39. The highest BCUT2D eigenvalue weighted by molar-refractivity contribution is 5.80. The Hall–Kier alpha value is -1.50. The summed E-state index contributed by atoms with van der Waals surface area (Å²) in [4.78, 5) is 23.0. The van der Waals surface area contributed by atoms with Crippen molar-refractivity contribution in [3.05, 3.63) is 0 Å². The molecule has 0 bridgehead atoms. The summed E-state index contributed by atoms with van der Waals surface area (Å²) in [6.45, 7) is 8.99. The SMILES string of the molecule is CCNC(=NCC(C1CC1)N(C)C)N1CCN(C(=O)OCC)CC1. The molecule has 1 unspecified atom stereocenters. The minimum atomic E-state index is -0.208. The lowest BCUT2D eigenvalue weighted by Crippen LogP contribution is -2.54. The van der Waals surface area contributed by atoms with Crippen molar-refractivity contribution in [1.82, 2.24) is 20.0 Å². The third-order valence-electron chi connectivity index (χ3n) is 4.70. The molecule has 1 saturated heterocycles. The van der Waals surface area contributed by atoms with Crippen LogP contribution in [-0.2, 0) is 4.74 Å². The topological polar surface area (TPSA) is 60.4 Å². The van der Waals surface area contributed by atoms with E-state index in [1.807, 2.05) is 6.92 Å². The molecule has 0 spiro atoms. The van der Waals surface area contributed by atoms with E-state index in [-0.39, 0.29) is 6.09 Å². The molecule has 1 saturated carbocycles. The molecule has 24 heavy (non-hydrogen) atoms. The van der Waals surface area contributed by atoms with Crippen LogP contribution >= 0.6 is 0 Å². The Bertz CT molecular complexity index is 427. The van der Waals surface area contributed by atoms with Gasteiger partial charge in [0, 0.05) is 38.8 Å². The van der Waals surface area contributed by atoms with Gasteiger partial charge in [-0.25, -0.2) is 4.79 Å². The second-order valence-electron chi connectivity index (χ2n) is 6.74. The van der Waals surface area contributed by atoms with Crippen LogP contribution < -0.4 is 5.32 Å². The van der Waals surface area contributed by atoms with Gasteiger partial charge in [-0.1, -0.05) is 0 Å². The van der Waals surface area contributed by atoms with Crippen LogP contribution in [0, 0.1) is 5.92 Å². The van der Waals surface area contributed by atoms with Crippen LogP contribution in [0.15, 0.2) is 4.99 Å². The molecule has 1 aliphatic carbocycles. The maximum atomic E-state index is 11.8.